The molecule has 1 aliphatic heterocycles. The summed E-state index contributed by atoms with van der Waals surface area (Å²) in [5.41, 5.74) is -1.12. The number of ketones is 3. The monoisotopic (exact) mass is 718 g/mol. The van der Waals surface area contributed by atoms with Gasteiger partial charge in [0.1, 0.15) is 46.0 Å². The van der Waals surface area contributed by atoms with E-state index in [-0.39, 0.29) is 51.9 Å². The minimum absolute atomic E-state index is 0.0323. The van der Waals surface area contributed by atoms with Crippen molar-refractivity contribution in [1.29, 1.82) is 0 Å². The zero-order chi connectivity index (χ0) is 38.7. The molecule has 0 aromatic heterocycles. The fraction of sp³-hybridized carbons (Fsp3) is 0.571. The van der Waals surface area contributed by atoms with Gasteiger partial charge in [0.2, 0.25) is 0 Å². The topological polar surface area (TPSA) is 179 Å². The Hall–Kier alpha value is -4.34. The van der Waals surface area contributed by atoms with E-state index in [1.165, 1.54) is 13.8 Å². The summed E-state index contributed by atoms with van der Waals surface area (Å²) >= 11 is 0. The molecule has 2 saturated carbocycles. The fourth-order valence-electron chi connectivity index (χ4n) is 9.66. The van der Waals surface area contributed by atoms with Gasteiger partial charge in [0.25, 0.3) is 0 Å². The maximum absolute atomic E-state index is 13.6. The minimum atomic E-state index is -1.56. The number of hydrogen-bond acceptors (Lipinski definition) is 9. The highest BCUT2D eigenvalue weighted by Gasteiger charge is 2.57. The second kappa shape index (κ2) is 13.9. The van der Waals surface area contributed by atoms with Gasteiger partial charge in [-0.25, -0.2) is 0 Å². The third kappa shape index (κ3) is 6.15. The van der Waals surface area contributed by atoms with Gasteiger partial charge in [-0.15, -0.1) is 0 Å². The van der Waals surface area contributed by atoms with Crippen LogP contribution in [0, 0.1) is 28.1 Å². The van der Waals surface area contributed by atoms with Crippen molar-refractivity contribution in [1.82, 2.24) is 0 Å². The Kier molecular flexibility index (Phi) is 10.4. The third-order valence-electron chi connectivity index (χ3n) is 12.9. The molecule has 1 aromatic carbocycles. The van der Waals surface area contributed by atoms with Crippen molar-refractivity contribution in [2.75, 3.05) is 0 Å². The molecule has 5 N–H and O–H groups in total. The Morgan fingerprint density at radius 3 is 2.27 bits per heavy atom. The van der Waals surface area contributed by atoms with Crippen LogP contribution in [0.15, 0.2) is 46.5 Å². The van der Waals surface area contributed by atoms with Crippen LogP contribution in [0.3, 0.4) is 0 Å². The van der Waals surface area contributed by atoms with Crippen LogP contribution in [-0.4, -0.2) is 55.0 Å². The zero-order valence-electron chi connectivity index (χ0n) is 31.6. The Labute approximate surface area is 306 Å². The number of aromatic hydroxyl groups is 2. The van der Waals surface area contributed by atoms with Crippen molar-refractivity contribution in [2.24, 2.45) is 28.1 Å². The molecule has 10 nitrogen and oxygen atoms in total. The van der Waals surface area contributed by atoms with Gasteiger partial charge in [-0.2, -0.15) is 0 Å². The molecule has 3 aliphatic carbocycles. The number of phenolic OH excluding ortho intramolecular Hbond substituents is 2. The number of hydrogen-bond donors (Lipinski definition) is 5. The summed E-state index contributed by atoms with van der Waals surface area (Å²) in [6, 6.07) is 0. The highest BCUT2D eigenvalue weighted by atomic mass is 16.5. The first-order valence-corrected chi connectivity index (χ1v) is 18.5. The summed E-state index contributed by atoms with van der Waals surface area (Å²) in [6.07, 6.45) is 7.19. The Balaban J connectivity index is 1.50. The average molecular weight is 719 g/mol. The van der Waals surface area contributed by atoms with Crippen molar-refractivity contribution >= 4 is 23.3 Å². The number of aliphatic carboxylic acids is 1. The smallest absolute Gasteiger partial charge is 0.309 e. The highest BCUT2D eigenvalue weighted by molar-refractivity contribution is 6.23. The predicted molar refractivity (Wildman–Crippen MR) is 196 cm³/mol. The van der Waals surface area contributed by atoms with Crippen LogP contribution in [0.25, 0.3) is 0 Å². The number of ether oxygens (including phenoxy) is 1. The number of aliphatic hydroxyl groups is 2. The van der Waals surface area contributed by atoms with Crippen LogP contribution in [0.4, 0.5) is 0 Å². The van der Waals surface area contributed by atoms with Gasteiger partial charge >= 0.3 is 5.97 Å². The average Bonchev–Trinajstić information content (AvgIpc) is 3.06. The first kappa shape index (κ1) is 38.9. The van der Waals surface area contributed by atoms with E-state index in [0.29, 0.717) is 37.7 Å². The standard InChI is InChI=1S/C42H54O10/c1-9-11-28(44)32-34(46)25(20-26-35(47)31(23(4)43)38(49)40(5,6)37(26)48)33(45)24-14-16-29(52-36(24)32)22(3)12-15-27-21(2)13-17-30-41(27,7)18-10-19-42(30,8)39(50)51/h12,27,29-30,45-48H,2,9-11,13-20H2,1,3-8H3,(H,50,51). The fourth-order valence-corrected chi connectivity index (χ4v) is 9.66. The normalized spacial score (nSPS) is 29.0. The maximum atomic E-state index is 13.6. The van der Waals surface area contributed by atoms with Gasteiger partial charge in [-0.1, -0.05) is 38.5 Å². The maximum Gasteiger partial charge on any atom is 0.309 e. The molecule has 282 valence electrons. The second-order valence-electron chi connectivity index (χ2n) is 16.5. The first-order valence-electron chi connectivity index (χ1n) is 18.5. The van der Waals surface area contributed by atoms with Gasteiger partial charge in [0, 0.05) is 29.5 Å². The third-order valence-corrected chi connectivity index (χ3v) is 12.9. The molecule has 0 saturated heterocycles. The number of carbonyl (C=O) groups excluding carboxylic acids is 3. The van der Waals surface area contributed by atoms with Crippen LogP contribution >= 0.6 is 0 Å². The van der Waals surface area contributed by atoms with Crippen LogP contribution in [-0.2, 0) is 27.2 Å². The van der Waals surface area contributed by atoms with Crippen molar-refractivity contribution in [3.63, 3.8) is 0 Å². The number of allylic oxidation sites excluding steroid dienone is 5. The van der Waals surface area contributed by atoms with E-state index < -0.39 is 69.5 Å². The lowest BCUT2D eigenvalue weighted by Gasteiger charge is -2.57. The van der Waals surface area contributed by atoms with Crippen molar-refractivity contribution in [3.05, 3.63) is 63.2 Å². The molecular formula is C42H54O10. The molecule has 4 aliphatic rings. The molecule has 0 bridgehead atoms. The van der Waals surface area contributed by atoms with Gasteiger partial charge in [0.15, 0.2) is 17.3 Å². The number of carboxylic acid groups (broad SMARTS) is 1. The quantitative estimate of drug-likeness (QED) is 0.0897. The van der Waals surface area contributed by atoms with Crippen LogP contribution < -0.4 is 4.74 Å². The van der Waals surface area contributed by atoms with Gasteiger partial charge in [0.05, 0.1) is 10.8 Å². The zero-order valence-corrected chi connectivity index (χ0v) is 31.6. The Morgan fingerprint density at radius 1 is 0.981 bits per heavy atom. The Morgan fingerprint density at radius 2 is 1.65 bits per heavy atom. The molecule has 1 aromatic rings. The SMILES string of the molecule is C=C1CCC2C(C)(C(=O)O)CCCC2(C)C1CC=C(C)C1CCc2c(O)c(CC3=C(O)C(C)(C)C(=O)C(C(C)=O)=C3O)c(O)c(C(=O)CCC)c2O1. The number of carbonyl (C=O) groups is 4. The molecule has 5 unspecified atom stereocenters. The largest absolute Gasteiger partial charge is 0.511 e. The molecule has 10 heteroatoms. The summed E-state index contributed by atoms with van der Waals surface area (Å²) < 4.78 is 6.48. The number of carboxylic acids is 1. The lowest BCUT2D eigenvalue weighted by Crippen LogP contribution is -2.53. The first-order chi connectivity index (χ1) is 24.2. The molecule has 1 heterocycles. The molecule has 5 atom stereocenters. The van der Waals surface area contributed by atoms with Crippen LogP contribution in [0.5, 0.6) is 17.2 Å². The van der Waals surface area contributed by atoms with Gasteiger partial charge in [-0.05, 0) is 109 Å². The summed E-state index contributed by atoms with van der Waals surface area (Å²) in [5.74, 6) is -4.53. The summed E-state index contributed by atoms with van der Waals surface area (Å²) in [6.45, 7) is 16.3. The van der Waals surface area contributed by atoms with E-state index >= 15 is 0 Å². The predicted octanol–water partition coefficient (Wildman–Crippen LogP) is 8.34. The summed E-state index contributed by atoms with van der Waals surface area (Å²) in [4.78, 5) is 51.5. The van der Waals surface area contributed by atoms with E-state index in [1.54, 1.807) is 0 Å². The molecule has 0 amide bonds. The molecule has 2 fully saturated rings. The number of phenols is 2. The lowest BCUT2D eigenvalue weighted by atomic mass is 9.46. The van der Waals surface area contributed by atoms with E-state index in [4.69, 9.17) is 4.74 Å². The summed E-state index contributed by atoms with van der Waals surface area (Å²) in [5, 5.41) is 55.7. The molecule has 5 rings (SSSR count). The van der Waals surface area contributed by atoms with Crippen molar-refractivity contribution in [3.8, 4) is 17.2 Å². The second-order valence-corrected chi connectivity index (χ2v) is 16.5. The molecular weight excluding hydrogens is 664 g/mol. The number of fused-ring (bicyclic) bond motifs is 2. The van der Waals surface area contributed by atoms with Crippen molar-refractivity contribution in [2.45, 2.75) is 125 Å². The van der Waals surface area contributed by atoms with Gasteiger partial charge in [-0.3, -0.25) is 19.2 Å². The van der Waals surface area contributed by atoms with Crippen molar-refractivity contribution < 1.29 is 49.4 Å². The lowest BCUT2D eigenvalue weighted by molar-refractivity contribution is -0.164. The van der Waals surface area contributed by atoms with E-state index in [9.17, 15) is 44.7 Å². The summed E-state index contributed by atoms with van der Waals surface area (Å²) in [7, 11) is 0. The highest BCUT2D eigenvalue weighted by Crippen LogP contribution is 2.62. The molecule has 0 radical (unpaired) electrons. The number of benzene rings is 1. The van der Waals surface area contributed by atoms with E-state index in [0.717, 1.165) is 43.8 Å². The van der Waals surface area contributed by atoms with Crippen LogP contribution in [0.1, 0.15) is 128 Å². The molecule has 52 heavy (non-hydrogen) atoms. The molecule has 0 spiro atoms. The number of rotatable bonds is 10. The number of aliphatic hydroxyl groups excluding tert-OH is 2. The van der Waals surface area contributed by atoms with E-state index in [2.05, 4.69) is 19.6 Å². The minimum Gasteiger partial charge on any atom is -0.511 e. The van der Waals surface area contributed by atoms with Gasteiger partial charge < -0.3 is 30.3 Å². The van der Waals surface area contributed by atoms with E-state index in [1.807, 2.05) is 20.8 Å². The van der Waals surface area contributed by atoms with Crippen LogP contribution in [0.2, 0.25) is 0 Å². The Bertz CT molecular complexity index is 1840. The number of Topliss-reactive ketones (excluding diaryl/α,β-unsaturated/α-hetero) is 3.